The average molecular weight is 368 g/mol. The average Bonchev–Trinajstić information content (AvgIpc) is 2.59. The van der Waals surface area contributed by atoms with Crippen LogP contribution in [0.2, 0.25) is 0 Å². The quantitative estimate of drug-likeness (QED) is 0.678. The number of piperidine rings is 1. The van der Waals surface area contributed by atoms with Gasteiger partial charge >= 0.3 is 5.97 Å². The number of carboxylic acid groups (broad SMARTS) is 1. The third-order valence-corrected chi connectivity index (χ3v) is 5.79. The number of hydrogen-bond donors (Lipinski definition) is 2. The number of amides is 1. The minimum atomic E-state index is -3.53. The first kappa shape index (κ1) is 19.4. The Labute approximate surface area is 148 Å². The van der Waals surface area contributed by atoms with Gasteiger partial charge in [0.15, 0.2) is 0 Å². The Balaban J connectivity index is 1.76. The number of rotatable bonds is 8. The number of sulfonamides is 1. The zero-order valence-electron chi connectivity index (χ0n) is 14.1. The number of aliphatic carboxylic acids is 1. The minimum Gasteiger partial charge on any atom is -0.481 e. The van der Waals surface area contributed by atoms with Crippen molar-refractivity contribution in [2.45, 2.75) is 49.5 Å². The number of nitrogens with one attached hydrogen (secondary N) is 1. The first-order chi connectivity index (χ1) is 11.9. The fourth-order valence-electron chi connectivity index (χ4n) is 2.84. The molecular weight excluding hydrogens is 344 g/mol. The van der Waals surface area contributed by atoms with Gasteiger partial charge in [-0.25, -0.2) is 13.1 Å². The summed E-state index contributed by atoms with van der Waals surface area (Å²) >= 11 is 0. The van der Waals surface area contributed by atoms with E-state index in [2.05, 4.69) is 4.72 Å². The molecule has 138 valence electrons. The van der Waals surface area contributed by atoms with Crippen molar-refractivity contribution in [3.63, 3.8) is 0 Å². The molecule has 0 aromatic heterocycles. The van der Waals surface area contributed by atoms with Crippen molar-refractivity contribution in [2.24, 2.45) is 0 Å². The van der Waals surface area contributed by atoms with Crippen LogP contribution in [-0.2, 0) is 19.6 Å². The van der Waals surface area contributed by atoms with Crippen molar-refractivity contribution in [3.8, 4) is 0 Å². The van der Waals surface area contributed by atoms with Gasteiger partial charge in [0.05, 0.1) is 4.90 Å². The van der Waals surface area contributed by atoms with E-state index in [0.29, 0.717) is 45.2 Å². The largest absolute Gasteiger partial charge is 0.481 e. The number of nitrogens with zero attached hydrogens (tertiary/aromatic N) is 1. The molecule has 0 saturated carbocycles. The van der Waals surface area contributed by atoms with E-state index >= 15 is 0 Å². The number of carbonyl (C=O) groups is 2. The summed E-state index contributed by atoms with van der Waals surface area (Å²) in [5.74, 6) is -0.839. The lowest BCUT2D eigenvalue weighted by atomic mass is 10.1. The molecule has 8 heteroatoms. The molecule has 1 aliphatic heterocycles. The van der Waals surface area contributed by atoms with E-state index in [9.17, 15) is 18.0 Å². The maximum atomic E-state index is 12.3. The lowest BCUT2D eigenvalue weighted by Gasteiger charge is -2.32. The highest BCUT2D eigenvalue weighted by atomic mass is 32.2. The molecule has 0 aliphatic carbocycles. The van der Waals surface area contributed by atoms with Crippen molar-refractivity contribution >= 4 is 21.9 Å². The van der Waals surface area contributed by atoms with Gasteiger partial charge in [-0.15, -0.1) is 0 Å². The van der Waals surface area contributed by atoms with Crippen LogP contribution in [0.5, 0.6) is 0 Å². The van der Waals surface area contributed by atoms with Gasteiger partial charge in [-0.2, -0.15) is 0 Å². The summed E-state index contributed by atoms with van der Waals surface area (Å²) < 4.78 is 27.3. The molecule has 0 radical (unpaired) electrons. The van der Waals surface area contributed by atoms with Crippen molar-refractivity contribution < 1.29 is 23.1 Å². The van der Waals surface area contributed by atoms with Crippen LogP contribution in [0.3, 0.4) is 0 Å². The molecule has 0 unspecified atom stereocenters. The van der Waals surface area contributed by atoms with Crippen molar-refractivity contribution in [2.75, 3.05) is 13.1 Å². The fourth-order valence-corrected chi connectivity index (χ4v) is 4.17. The molecule has 0 bridgehead atoms. The molecule has 0 atom stereocenters. The Morgan fingerprint density at radius 3 is 2.28 bits per heavy atom. The summed E-state index contributed by atoms with van der Waals surface area (Å²) in [7, 11) is -3.53. The summed E-state index contributed by atoms with van der Waals surface area (Å²) in [5, 5.41) is 8.58. The normalized spacial score (nSPS) is 15.9. The summed E-state index contributed by atoms with van der Waals surface area (Å²) in [6, 6.07) is 8.05. The van der Waals surface area contributed by atoms with Gasteiger partial charge in [-0.05, 0) is 37.8 Å². The number of benzene rings is 1. The minimum absolute atomic E-state index is 0.00903. The molecule has 1 heterocycles. The first-order valence-corrected chi connectivity index (χ1v) is 9.94. The number of carboxylic acids is 1. The maximum absolute atomic E-state index is 12.3. The molecule has 1 aromatic rings. The van der Waals surface area contributed by atoms with Crippen LogP contribution in [0.15, 0.2) is 35.2 Å². The zero-order valence-corrected chi connectivity index (χ0v) is 14.9. The van der Waals surface area contributed by atoms with E-state index < -0.39 is 16.0 Å². The predicted molar refractivity (Wildman–Crippen MR) is 92.5 cm³/mol. The topological polar surface area (TPSA) is 104 Å². The van der Waals surface area contributed by atoms with E-state index in [1.54, 1.807) is 35.2 Å². The van der Waals surface area contributed by atoms with Crippen LogP contribution in [-0.4, -0.2) is 49.4 Å². The Hall–Kier alpha value is -1.93. The predicted octanol–water partition coefficient (Wildman–Crippen LogP) is 1.60. The Bertz CT molecular complexity index is 682. The fraction of sp³-hybridized carbons (Fsp3) is 0.529. The summed E-state index contributed by atoms with van der Waals surface area (Å²) in [6.07, 6.45) is 2.63. The lowest BCUT2D eigenvalue weighted by molar-refractivity contribution is -0.137. The Morgan fingerprint density at radius 2 is 1.68 bits per heavy atom. The first-order valence-electron chi connectivity index (χ1n) is 8.45. The van der Waals surface area contributed by atoms with Gasteiger partial charge in [0.25, 0.3) is 0 Å². The van der Waals surface area contributed by atoms with E-state index in [4.69, 9.17) is 5.11 Å². The van der Waals surface area contributed by atoms with Crippen molar-refractivity contribution in [3.05, 3.63) is 30.3 Å². The van der Waals surface area contributed by atoms with Crippen LogP contribution >= 0.6 is 0 Å². The molecule has 2 rings (SSSR count). The van der Waals surface area contributed by atoms with Crippen LogP contribution in [0.25, 0.3) is 0 Å². The Kier molecular flexibility index (Phi) is 6.95. The van der Waals surface area contributed by atoms with Crippen LogP contribution in [0.1, 0.15) is 38.5 Å². The summed E-state index contributed by atoms with van der Waals surface area (Å²) in [6.45, 7) is 1.03. The number of unbranched alkanes of at least 4 members (excludes halogenated alkanes) is 1. The second-order valence-electron chi connectivity index (χ2n) is 6.19. The van der Waals surface area contributed by atoms with Crippen LogP contribution < -0.4 is 4.72 Å². The molecule has 1 aliphatic rings. The van der Waals surface area contributed by atoms with Gasteiger partial charge in [0.1, 0.15) is 0 Å². The maximum Gasteiger partial charge on any atom is 0.303 e. The standard InChI is InChI=1S/C17H24N2O5S/c20-16(8-4-5-9-17(21)22)19-12-10-14(11-13-19)18-25(23,24)15-6-2-1-3-7-15/h1-3,6-7,14,18H,4-5,8-13H2,(H,21,22). The van der Waals surface area contributed by atoms with Gasteiger partial charge in [0, 0.05) is 32.0 Å². The molecule has 1 aromatic carbocycles. The number of carbonyl (C=O) groups excluding carboxylic acids is 1. The van der Waals surface area contributed by atoms with Crippen LogP contribution in [0.4, 0.5) is 0 Å². The van der Waals surface area contributed by atoms with E-state index in [0.717, 1.165) is 0 Å². The van der Waals surface area contributed by atoms with E-state index in [-0.39, 0.29) is 23.3 Å². The molecule has 2 N–H and O–H groups in total. The van der Waals surface area contributed by atoms with Gasteiger partial charge in [0.2, 0.25) is 15.9 Å². The van der Waals surface area contributed by atoms with Gasteiger partial charge in [-0.3, -0.25) is 9.59 Å². The third kappa shape index (κ3) is 6.13. The molecule has 25 heavy (non-hydrogen) atoms. The monoisotopic (exact) mass is 368 g/mol. The molecule has 0 spiro atoms. The smallest absolute Gasteiger partial charge is 0.303 e. The molecular formula is C17H24N2O5S. The van der Waals surface area contributed by atoms with Crippen molar-refractivity contribution in [1.29, 1.82) is 0 Å². The highest BCUT2D eigenvalue weighted by molar-refractivity contribution is 7.89. The number of hydrogen-bond acceptors (Lipinski definition) is 4. The second kappa shape index (κ2) is 8.96. The van der Waals surface area contributed by atoms with Gasteiger partial charge in [-0.1, -0.05) is 18.2 Å². The Morgan fingerprint density at radius 1 is 1.08 bits per heavy atom. The molecule has 1 saturated heterocycles. The van der Waals surface area contributed by atoms with E-state index in [1.165, 1.54) is 0 Å². The molecule has 1 amide bonds. The summed E-state index contributed by atoms with van der Waals surface area (Å²) in [5.41, 5.74) is 0. The number of likely N-dealkylation sites (tertiary alicyclic amines) is 1. The molecule has 7 nitrogen and oxygen atoms in total. The second-order valence-corrected chi connectivity index (χ2v) is 7.90. The van der Waals surface area contributed by atoms with Crippen LogP contribution in [0, 0.1) is 0 Å². The zero-order chi connectivity index (χ0) is 18.3. The van der Waals surface area contributed by atoms with Crippen molar-refractivity contribution in [1.82, 2.24) is 9.62 Å². The van der Waals surface area contributed by atoms with E-state index in [1.807, 2.05) is 0 Å². The third-order valence-electron chi connectivity index (χ3n) is 4.25. The summed E-state index contributed by atoms with van der Waals surface area (Å²) in [4.78, 5) is 24.5. The highest BCUT2D eigenvalue weighted by Gasteiger charge is 2.26. The highest BCUT2D eigenvalue weighted by Crippen LogP contribution is 2.16. The molecule has 1 fully saturated rings. The van der Waals surface area contributed by atoms with Gasteiger partial charge < -0.3 is 10.0 Å². The SMILES string of the molecule is O=C(O)CCCCC(=O)N1CCC(NS(=O)(=O)c2ccccc2)CC1. The lowest BCUT2D eigenvalue weighted by Crippen LogP contribution is -2.46.